The molecule has 6 heteroatoms. The van der Waals surface area contributed by atoms with Crippen molar-refractivity contribution in [3.8, 4) is 0 Å². The molecule has 0 aromatic heterocycles. The molecule has 2 N–H and O–H groups in total. The second-order valence-electron chi connectivity index (χ2n) is 3.94. The van der Waals surface area contributed by atoms with Crippen molar-refractivity contribution in [2.24, 2.45) is 5.92 Å². The van der Waals surface area contributed by atoms with Crippen LogP contribution in [0.5, 0.6) is 0 Å². The Morgan fingerprint density at radius 3 is 2.35 bits per heavy atom. The normalized spacial score (nSPS) is 28.7. The number of carbonyl (C=O) groups is 1. The van der Waals surface area contributed by atoms with Crippen molar-refractivity contribution < 1.29 is 29.2 Å². The average Bonchev–Trinajstić information content (AvgIpc) is 2.24. The molecule has 1 rings (SSSR count). The first-order valence-corrected chi connectivity index (χ1v) is 5.78. The molecule has 0 amide bonds. The summed E-state index contributed by atoms with van der Waals surface area (Å²) in [4.78, 5) is 12.2. The van der Waals surface area contributed by atoms with Crippen molar-refractivity contribution in [2.45, 2.75) is 39.0 Å². The molecule has 2 unspecified atom stereocenters. The van der Waals surface area contributed by atoms with E-state index in [-0.39, 0.29) is 19.8 Å². The highest BCUT2D eigenvalue weighted by atomic mass is 16.7. The van der Waals surface area contributed by atoms with E-state index in [1.54, 1.807) is 20.8 Å². The lowest BCUT2D eigenvalue weighted by molar-refractivity contribution is -0.281. The maximum absolute atomic E-state index is 12.2. The lowest BCUT2D eigenvalue weighted by atomic mass is 9.89. The number of aliphatic hydroxyl groups is 2. The number of aliphatic hydroxyl groups excluding tert-OH is 1. The van der Waals surface area contributed by atoms with Gasteiger partial charge in [-0.25, -0.2) is 0 Å². The van der Waals surface area contributed by atoms with Crippen LogP contribution in [0.1, 0.15) is 20.8 Å². The molecule has 0 aromatic carbocycles. The summed E-state index contributed by atoms with van der Waals surface area (Å²) in [5, 5.41) is 18.5. The molecule has 1 saturated heterocycles. The van der Waals surface area contributed by atoms with E-state index in [2.05, 4.69) is 0 Å². The Morgan fingerprint density at radius 1 is 1.41 bits per heavy atom. The van der Waals surface area contributed by atoms with Gasteiger partial charge in [0.05, 0.1) is 12.0 Å². The van der Waals surface area contributed by atoms with Gasteiger partial charge in [0.1, 0.15) is 6.61 Å². The van der Waals surface area contributed by atoms with Gasteiger partial charge in [0.2, 0.25) is 5.78 Å². The lowest BCUT2D eigenvalue weighted by Crippen LogP contribution is -2.60. The predicted molar refractivity (Wildman–Crippen MR) is 58.1 cm³/mol. The zero-order chi connectivity index (χ0) is 13.1. The second-order valence-corrected chi connectivity index (χ2v) is 3.94. The van der Waals surface area contributed by atoms with Crippen LogP contribution in [-0.4, -0.2) is 54.0 Å². The molecule has 0 aromatic rings. The number of ether oxygens (including phenoxy) is 3. The summed E-state index contributed by atoms with van der Waals surface area (Å²) >= 11 is 0. The molecule has 0 radical (unpaired) electrons. The maximum atomic E-state index is 12.2. The monoisotopic (exact) mass is 248 g/mol. The van der Waals surface area contributed by atoms with Crippen LogP contribution < -0.4 is 0 Å². The molecule has 1 fully saturated rings. The minimum absolute atomic E-state index is 0.0299. The van der Waals surface area contributed by atoms with Gasteiger partial charge in [-0.3, -0.25) is 4.79 Å². The van der Waals surface area contributed by atoms with Gasteiger partial charge in [-0.05, 0) is 20.8 Å². The molecular weight excluding hydrogens is 228 g/mol. The van der Waals surface area contributed by atoms with Crippen LogP contribution in [0.2, 0.25) is 0 Å². The molecular formula is C11H20O6. The van der Waals surface area contributed by atoms with Gasteiger partial charge >= 0.3 is 0 Å². The Hall–Kier alpha value is -0.530. The van der Waals surface area contributed by atoms with Gasteiger partial charge in [-0.2, -0.15) is 0 Å². The van der Waals surface area contributed by atoms with Crippen LogP contribution in [-0.2, 0) is 19.0 Å². The minimum atomic E-state index is -1.78. The summed E-state index contributed by atoms with van der Waals surface area (Å²) in [7, 11) is 0. The molecule has 1 aliphatic heterocycles. The van der Waals surface area contributed by atoms with Crippen molar-refractivity contribution in [1.82, 2.24) is 0 Å². The maximum Gasteiger partial charge on any atom is 0.253 e. The number of rotatable bonds is 5. The minimum Gasteiger partial charge on any atom is -0.371 e. The van der Waals surface area contributed by atoms with Gasteiger partial charge in [0, 0.05) is 13.2 Å². The Balaban J connectivity index is 2.95. The molecule has 0 spiro atoms. The molecule has 0 bridgehead atoms. The highest BCUT2D eigenvalue weighted by molar-refractivity contribution is 5.89. The fourth-order valence-corrected chi connectivity index (χ4v) is 1.99. The summed E-state index contributed by atoms with van der Waals surface area (Å²) < 4.78 is 16.0. The van der Waals surface area contributed by atoms with Gasteiger partial charge < -0.3 is 24.4 Å². The number of hydrogen-bond donors (Lipinski definition) is 2. The first kappa shape index (κ1) is 14.5. The number of Topliss-reactive ketones (excluding diaryl/α,β-unsaturated/α-hetero) is 1. The molecule has 2 atom stereocenters. The third-order valence-electron chi connectivity index (χ3n) is 2.80. The summed E-state index contributed by atoms with van der Waals surface area (Å²) in [5.41, 5.74) is 0. The lowest BCUT2D eigenvalue weighted by Gasteiger charge is -2.41. The topological polar surface area (TPSA) is 85.2 Å². The van der Waals surface area contributed by atoms with Crippen LogP contribution in [0.25, 0.3) is 0 Å². The van der Waals surface area contributed by atoms with Gasteiger partial charge in [-0.15, -0.1) is 0 Å². The Kier molecular flexibility index (Phi) is 5.03. The number of hydrogen-bond acceptors (Lipinski definition) is 6. The van der Waals surface area contributed by atoms with E-state index in [0.717, 1.165) is 0 Å². The third kappa shape index (κ3) is 2.83. The van der Waals surface area contributed by atoms with Crippen LogP contribution in [0, 0.1) is 5.92 Å². The smallest absolute Gasteiger partial charge is 0.253 e. The van der Waals surface area contributed by atoms with E-state index in [9.17, 15) is 15.0 Å². The fourth-order valence-electron chi connectivity index (χ4n) is 1.99. The Bertz CT molecular complexity index is 259. The van der Waals surface area contributed by atoms with Crippen LogP contribution in [0.3, 0.4) is 0 Å². The summed E-state index contributed by atoms with van der Waals surface area (Å²) in [6.45, 7) is 5.60. The van der Waals surface area contributed by atoms with Crippen LogP contribution in [0.4, 0.5) is 0 Å². The van der Waals surface area contributed by atoms with E-state index in [4.69, 9.17) is 14.2 Å². The molecule has 100 valence electrons. The average molecular weight is 248 g/mol. The third-order valence-corrected chi connectivity index (χ3v) is 2.80. The van der Waals surface area contributed by atoms with E-state index in [1.165, 1.54) is 0 Å². The quantitative estimate of drug-likeness (QED) is 0.648. The molecule has 0 saturated carbocycles. The van der Waals surface area contributed by atoms with Crippen molar-refractivity contribution in [2.75, 3.05) is 19.8 Å². The molecule has 1 heterocycles. The summed E-state index contributed by atoms with van der Waals surface area (Å²) in [6, 6.07) is 0. The fraction of sp³-hybridized carbons (Fsp3) is 0.909. The molecule has 1 aliphatic rings. The SMILES string of the molecule is CCOC1(OCC)COC(C)C(C(O)O)C1=O. The zero-order valence-electron chi connectivity index (χ0n) is 10.4. The summed E-state index contributed by atoms with van der Waals surface area (Å²) in [6.07, 6.45) is -2.35. The second kappa shape index (κ2) is 5.88. The zero-order valence-corrected chi connectivity index (χ0v) is 10.4. The van der Waals surface area contributed by atoms with Crippen molar-refractivity contribution in [3.05, 3.63) is 0 Å². The highest BCUT2D eigenvalue weighted by Gasteiger charge is 2.52. The van der Waals surface area contributed by atoms with Gasteiger partial charge in [0.25, 0.3) is 5.79 Å². The predicted octanol–water partition coefficient (Wildman–Crippen LogP) is -0.330. The molecule has 0 aliphatic carbocycles. The summed E-state index contributed by atoms with van der Waals surface area (Å²) in [5.74, 6) is -3.04. The van der Waals surface area contributed by atoms with Crippen LogP contribution >= 0.6 is 0 Å². The van der Waals surface area contributed by atoms with Crippen molar-refractivity contribution in [3.63, 3.8) is 0 Å². The number of ketones is 1. The molecule has 17 heavy (non-hydrogen) atoms. The Labute approximate surface area is 100 Å². The largest absolute Gasteiger partial charge is 0.371 e. The first-order valence-electron chi connectivity index (χ1n) is 5.78. The Morgan fingerprint density at radius 2 is 1.94 bits per heavy atom. The van der Waals surface area contributed by atoms with E-state index in [1.807, 2.05) is 0 Å². The van der Waals surface area contributed by atoms with Crippen LogP contribution in [0.15, 0.2) is 0 Å². The van der Waals surface area contributed by atoms with Gasteiger partial charge in [0.15, 0.2) is 6.29 Å². The standard InChI is InChI=1S/C11H20O6/c1-4-16-11(17-5-2)6-15-7(3)8(9(11)12)10(13)14/h7-8,10,13-14H,4-6H2,1-3H3. The van der Waals surface area contributed by atoms with Crippen molar-refractivity contribution >= 4 is 5.78 Å². The van der Waals surface area contributed by atoms with Gasteiger partial charge in [-0.1, -0.05) is 0 Å². The van der Waals surface area contributed by atoms with E-state index >= 15 is 0 Å². The number of carbonyl (C=O) groups excluding carboxylic acids is 1. The van der Waals surface area contributed by atoms with Crippen molar-refractivity contribution in [1.29, 1.82) is 0 Å². The van der Waals surface area contributed by atoms with E-state index < -0.39 is 29.9 Å². The highest BCUT2D eigenvalue weighted by Crippen LogP contribution is 2.30. The molecule has 6 nitrogen and oxygen atoms in total. The first-order chi connectivity index (χ1) is 7.98. The van der Waals surface area contributed by atoms with E-state index in [0.29, 0.717) is 0 Å².